The molecule has 0 saturated carbocycles. The number of ether oxygens (including phenoxy) is 1. The van der Waals surface area contributed by atoms with Crippen LogP contribution < -0.4 is 0 Å². The zero-order valence-electron chi connectivity index (χ0n) is 18.6. The molecule has 0 spiro atoms. The number of unbranched alkanes of at least 4 members (excludes halogenated alkanes) is 3. The molecule has 152 valence electrons. The molecule has 0 atom stereocenters. The molecule has 0 radical (unpaired) electrons. The molecule has 0 N–H and O–H groups in total. The van der Waals surface area contributed by atoms with Gasteiger partial charge in [0.1, 0.15) is 0 Å². The highest BCUT2D eigenvalue weighted by atomic mass is 16.5. The smallest absolute Gasteiger partial charge is 0.162 e. The Kier molecular flexibility index (Phi) is 21.0. The Morgan fingerprint density at radius 1 is 0.808 bits per heavy atom. The van der Waals surface area contributed by atoms with E-state index >= 15 is 0 Å². The highest BCUT2D eigenvalue weighted by Crippen LogP contribution is 2.15. The fourth-order valence-electron chi connectivity index (χ4n) is 1.96. The monoisotopic (exact) mass is 364 g/mol. The van der Waals surface area contributed by atoms with Crippen molar-refractivity contribution < 1.29 is 9.53 Å². The van der Waals surface area contributed by atoms with E-state index in [1.54, 1.807) is 0 Å². The molecule has 0 unspecified atom stereocenters. The molecule has 0 aliphatic heterocycles. The zero-order chi connectivity index (χ0) is 20.2. The molecule has 2 nitrogen and oxygen atoms in total. The summed E-state index contributed by atoms with van der Waals surface area (Å²) in [5, 5.41) is 0. The van der Waals surface area contributed by atoms with Gasteiger partial charge in [-0.3, -0.25) is 4.79 Å². The van der Waals surface area contributed by atoms with Crippen molar-refractivity contribution in [1.82, 2.24) is 0 Å². The predicted octanol–water partition coefficient (Wildman–Crippen LogP) is 7.81. The number of hydrogen-bond donors (Lipinski definition) is 0. The predicted molar refractivity (Wildman–Crippen MR) is 116 cm³/mol. The summed E-state index contributed by atoms with van der Waals surface area (Å²) in [4.78, 5) is 11.3. The van der Waals surface area contributed by atoms with E-state index in [2.05, 4.69) is 41.5 Å². The van der Waals surface area contributed by atoms with Crippen LogP contribution in [0.5, 0.6) is 0 Å². The number of hydrogen-bond acceptors (Lipinski definition) is 2. The summed E-state index contributed by atoms with van der Waals surface area (Å²) in [7, 11) is 0. The summed E-state index contributed by atoms with van der Waals surface area (Å²) in [6, 6.07) is 7.91. The quantitative estimate of drug-likeness (QED) is 0.312. The largest absolute Gasteiger partial charge is 0.381 e. The SMILES string of the molecule is CCC(=O)c1ccc(C(C)C)cc1.CCCC.CCCCCOCCC. The minimum atomic E-state index is 0.218. The van der Waals surface area contributed by atoms with E-state index in [-0.39, 0.29) is 5.78 Å². The van der Waals surface area contributed by atoms with E-state index < -0.39 is 0 Å². The van der Waals surface area contributed by atoms with E-state index in [9.17, 15) is 4.79 Å². The van der Waals surface area contributed by atoms with E-state index in [0.29, 0.717) is 12.3 Å². The van der Waals surface area contributed by atoms with E-state index in [4.69, 9.17) is 4.74 Å². The van der Waals surface area contributed by atoms with Crippen molar-refractivity contribution in [1.29, 1.82) is 0 Å². The summed E-state index contributed by atoms with van der Waals surface area (Å²) in [6.07, 6.45) is 8.20. The first-order valence-electron chi connectivity index (χ1n) is 10.7. The standard InChI is InChI=1S/C12H16O.C8H18O.C4H10/c1-4-12(13)11-7-5-10(6-8-11)9(2)3;1-3-5-6-8-9-7-4-2;1-3-4-2/h5-9H,4H2,1-3H3;3-8H2,1-2H3;3-4H2,1-2H3. The molecule has 26 heavy (non-hydrogen) atoms. The maximum absolute atomic E-state index is 11.3. The third kappa shape index (κ3) is 16.3. The van der Waals surface area contributed by atoms with E-state index in [1.165, 1.54) is 37.7 Å². The van der Waals surface area contributed by atoms with Crippen molar-refractivity contribution in [2.45, 2.75) is 99.3 Å². The van der Waals surface area contributed by atoms with Crippen molar-refractivity contribution in [3.63, 3.8) is 0 Å². The van der Waals surface area contributed by atoms with Gasteiger partial charge in [-0.1, -0.05) is 98.4 Å². The van der Waals surface area contributed by atoms with Crippen LogP contribution in [0.1, 0.15) is 115 Å². The lowest BCUT2D eigenvalue weighted by Crippen LogP contribution is -1.96. The van der Waals surface area contributed by atoms with Crippen LogP contribution in [-0.2, 0) is 4.74 Å². The first-order valence-corrected chi connectivity index (χ1v) is 10.7. The first kappa shape index (κ1) is 27.1. The van der Waals surface area contributed by atoms with Gasteiger partial charge in [-0.2, -0.15) is 0 Å². The van der Waals surface area contributed by atoms with Gasteiger partial charge < -0.3 is 4.74 Å². The topological polar surface area (TPSA) is 26.3 Å². The Morgan fingerprint density at radius 3 is 1.77 bits per heavy atom. The molecule has 0 amide bonds. The van der Waals surface area contributed by atoms with Crippen molar-refractivity contribution in [3.05, 3.63) is 35.4 Å². The van der Waals surface area contributed by atoms with E-state index in [1.807, 2.05) is 31.2 Å². The Hall–Kier alpha value is -1.15. The van der Waals surface area contributed by atoms with E-state index in [0.717, 1.165) is 25.2 Å². The second-order valence-corrected chi connectivity index (χ2v) is 6.87. The number of ketones is 1. The summed E-state index contributed by atoms with van der Waals surface area (Å²) < 4.78 is 5.28. The first-order chi connectivity index (χ1) is 12.5. The van der Waals surface area contributed by atoms with Gasteiger partial charge in [0.15, 0.2) is 5.78 Å². The maximum atomic E-state index is 11.3. The molecular formula is C24H44O2. The summed E-state index contributed by atoms with van der Waals surface area (Å²) in [5.74, 6) is 0.751. The molecule has 0 fully saturated rings. The molecule has 0 aliphatic carbocycles. The summed E-state index contributed by atoms with van der Waals surface area (Å²) >= 11 is 0. The number of benzene rings is 1. The van der Waals surface area contributed by atoms with Crippen LogP contribution in [0.15, 0.2) is 24.3 Å². The van der Waals surface area contributed by atoms with Crippen molar-refractivity contribution in [2.75, 3.05) is 13.2 Å². The molecule has 1 aromatic rings. The molecule has 1 aromatic carbocycles. The van der Waals surface area contributed by atoms with Gasteiger partial charge in [-0.05, 0) is 24.3 Å². The molecule has 2 heteroatoms. The summed E-state index contributed by atoms with van der Waals surface area (Å²) in [5.41, 5.74) is 2.11. The lowest BCUT2D eigenvalue weighted by atomic mass is 10.00. The van der Waals surface area contributed by atoms with Crippen molar-refractivity contribution in [2.24, 2.45) is 0 Å². The highest BCUT2D eigenvalue weighted by molar-refractivity contribution is 5.95. The lowest BCUT2D eigenvalue weighted by molar-refractivity contribution is 0.0988. The van der Waals surface area contributed by atoms with Gasteiger partial charge in [0.05, 0.1) is 0 Å². The van der Waals surface area contributed by atoms with Crippen LogP contribution >= 0.6 is 0 Å². The fourth-order valence-corrected chi connectivity index (χ4v) is 1.96. The van der Waals surface area contributed by atoms with Crippen LogP contribution in [0.4, 0.5) is 0 Å². The Bertz CT molecular complexity index is 399. The van der Waals surface area contributed by atoms with Crippen molar-refractivity contribution in [3.8, 4) is 0 Å². The van der Waals surface area contributed by atoms with Gasteiger partial charge in [-0.25, -0.2) is 0 Å². The molecule has 1 rings (SSSR count). The molecular weight excluding hydrogens is 320 g/mol. The second kappa shape index (κ2) is 20.2. The van der Waals surface area contributed by atoms with Crippen LogP contribution in [0.3, 0.4) is 0 Å². The molecule has 0 heterocycles. The van der Waals surface area contributed by atoms with Crippen LogP contribution in [0.2, 0.25) is 0 Å². The van der Waals surface area contributed by atoms with Crippen LogP contribution in [0, 0.1) is 0 Å². The molecule has 0 aromatic heterocycles. The molecule has 0 bridgehead atoms. The molecule has 0 saturated heterocycles. The Balaban J connectivity index is 0. The lowest BCUT2D eigenvalue weighted by Gasteiger charge is -2.05. The average Bonchev–Trinajstić information content (AvgIpc) is 2.68. The third-order valence-corrected chi connectivity index (χ3v) is 3.96. The summed E-state index contributed by atoms with van der Waals surface area (Å²) in [6.45, 7) is 16.8. The van der Waals surface area contributed by atoms with Gasteiger partial charge in [0.2, 0.25) is 0 Å². The normalized spacial score (nSPS) is 9.85. The third-order valence-electron chi connectivity index (χ3n) is 3.96. The Morgan fingerprint density at radius 2 is 1.38 bits per heavy atom. The Labute approximate surface area is 163 Å². The second-order valence-electron chi connectivity index (χ2n) is 6.87. The molecule has 0 aliphatic rings. The van der Waals surface area contributed by atoms with Crippen LogP contribution in [0.25, 0.3) is 0 Å². The maximum Gasteiger partial charge on any atom is 0.162 e. The number of carbonyl (C=O) groups excluding carboxylic acids is 1. The number of rotatable bonds is 10. The van der Waals surface area contributed by atoms with Gasteiger partial charge in [-0.15, -0.1) is 0 Å². The van der Waals surface area contributed by atoms with Crippen molar-refractivity contribution >= 4 is 5.78 Å². The highest BCUT2D eigenvalue weighted by Gasteiger charge is 2.03. The van der Waals surface area contributed by atoms with Crippen LogP contribution in [-0.4, -0.2) is 19.0 Å². The minimum absolute atomic E-state index is 0.218. The average molecular weight is 365 g/mol. The zero-order valence-corrected chi connectivity index (χ0v) is 18.6. The van der Waals surface area contributed by atoms with Gasteiger partial charge >= 0.3 is 0 Å². The minimum Gasteiger partial charge on any atom is -0.381 e. The number of carbonyl (C=O) groups is 1. The number of Topliss-reactive ketones (excluding diaryl/α,β-unsaturated/α-hetero) is 1. The fraction of sp³-hybridized carbons (Fsp3) is 0.708. The van der Waals surface area contributed by atoms with Gasteiger partial charge in [0, 0.05) is 25.2 Å². The van der Waals surface area contributed by atoms with Gasteiger partial charge in [0.25, 0.3) is 0 Å².